The molecule has 0 spiro atoms. The molecular weight excluding hydrogens is 190 g/mol. The molecule has 2 rings (SSSR count). The van der Waals surface area contributed by atoms with Gasteiger partial charge in [0.2, 0.25) is 0 Å². The highest BCUT2D eigenvalue weighted by Gasteiger charge is 1.99. The van der Waals surface area contributed by atoms with E-state index in [1.165, 1.54) is 0 Å². The van der Waals surface area contributed by atoms with Gasteiger partial charge in [0.05, 0.1) is 19.0 Å². The molecule has 15 heavy (non-hydrogen) atoms. The van der Waals surface area contributed by atoms with Crippen LogP contribution in [0.15, 0.2) is 36.7 Å². The quantitative estimate of drug-likeness (QED) is 0.819. The Kier molecular flexibility index (Phi) is 2.69. The molecule has 4 heteroatoms. The van der Waals surface area contributed by atoms with Gasteiger partial charge in [-0.15, -0.1) is 0 Å². The minimum atomic E-state index is 0.510. The van der Waals surface area contributed by atoms with Gasteiger partial charge in [0.25, 0.3) is 0 Å². The third-order valence-corrected chi connectivity index (χ3v) is 2.21. The average Bonchev–Trinajstić information content (AvgIpc) is 2.78. The number of methoxy groups -OCH3 is 1. The summed E-state index contributed by atoms with van der Waals surface area (Å²) in [7, 11) is 1.65. The molecule has 1 heterocycles. The summed E-state index contributed by atoms with van der Waals surface area (Å²) in [5.74, 6) is 0.838. The van der Waals surface area contributed by atoms with Gasteiger partial charge in [-0.05, 0) is 24.3 Å². The topological polar surface area (TPSA) is 53.1 Å². The predicted octanol–water partition coefficient (Wildman–Crippen LogP) is 1.34. The number of hydrogen-bond acceptors (Lipinski definition) is 3. The van der Waals surface area contributed by atoms with Crippen LogP contribution in [-0.4, -0.2) is 16.9 Å². The molecule has 1 aromatic carbocycles. The summed E-state index contributed by atoms with van der Waals surface area (Å²) in [6.07, 6.45) is 3.69. The van der Waals surface area contributed by atoms with Gasteiger partial charge in [-0.3, -0.25) is 0 Å². The Labute approximate surface area is 88.3 Å². The van der Waals surface area contributed by atoms with E-state index >= 15 is 0 Å². The second kappa shape index (κ2) is 4.14. The van der Waals surface area contributed by atoms with Crippen LogP contribution in [0.5, 0.6) is 5.75 Å². The molecule has 0 aliphatic rings. The minimum absolute atomic E-state index is 0.510. The van der Waals surface area contributed by atoms with Crippen molar-refractivity contribution in [1.82, 2.24) is 9.78 Å². The van der Waals surface area contributed by atoms with Crippen LogP contribution in [0.4, 0.5) is 0 Å². The molecule has 0 radical (unpaired) electrons. The fourth-order valence-corrected chi connectivity index (χ4v) is 1.34. The van der Waals surface area contributed by atoms with Crippen LogP contribution in [0.3, 0.4) is 0 Å². The Morgan fingerprint density at radius 2 is 2.07 bits per heavy atom. The largest absolute Gasteiger partial charge is 0.497 e. The standard InChI is InChI=1S/C11H13N3O/c1-15-11-4-2-10(3-5-11)14-8-9(6-12)7-13-14/h2-5,7-8H,6,12H2,1H3. The zero-order valence-corrected chi connectivity index (χ0v) is 8.55. The second-order valence-electron chi connectivity index (χ2n) is 3.20. The smallest absolute Gasteiger partial charge is 0.119 e. The lowest BCUT2D eigenvalue weighted by molar-refractivity contribution is 0.414. The van der Waals surface area contributed by atoms with Crippen molar-refractivity contribution in [3.8, 4) is 11.4 Å². The van der Waals surface area contributed by atoms with Crippen LogP contribution in [0.25, 0.3) is 5.69 Å². The highest BCUT2D eigenvalue weighted by atomic mass is 16.5. The van der Waals surface area contributed by atoms with E-state index in [1.807, 2.05) is 30.5 Å². The molecular formula is C11H13N3O. The third kappa shape index (κ3) is 1.99. The van der Waals surface area contributed by atoms with Crippen molar-refractivity contribution in [2.75, 3.05) is 7.11 Å². The summed E-state index contributed by atoms with van der Waals surface area (Å²) in [5, 5.41) is 4.21. The summed E-state index contributed by atoms with van der Waals surface area (Å²) in [4.78, 5) is 0. The van der Waals surface area contributed by atoms with Crippen molar-refractivity contribution in [2.24, 2.45) is 5.73 Å². The van der Waals surface area contributed by atoms with E-state index in [9.17, 15) is 0 Å². The summed E-state index contributed by atoms with van der Waals surface area (Å²) in [6, 6.07) is 7.70. The van der Waals surface area contributed by atoms with E-state index in [4.69, 9.17) is 10.5 Å². The van der Waals surface area contributed by atoms with E-state index in [0.717, 1.165) is 17.0 Å². The van der Waals surface area contributed by atoms with Crippen LogP contribution in [-0.2, 0) is 6.54 Å². The van der Waals surface area contributed by atoms with E-state index in [0.29, 0.717) is 6.54 Å². The first-order valence-electron chi connectivity index (χ1n) is 4.71. The maximum atomic E-state index is 5.51. The van der Waals surface area contributed by atoms with Gasteiger partial charge >= 0.3 is 0 Å². The van der Waals surface area contributed by atoms with Gasteiger partial charge < -0.3 is 10.5 Å². The van der Waals surface area contributed by atoms with Gasteiger partial charge in [0.1, 0.15) is 5.75 Å². The molecule has 0 fully saturated rings. The van der Waals surface area contributed by atoms with E-state index in [2.05, 4.69) is 5.10 Å². The average molecular weight is 203 g/mol. The summed E-state index contributed by atoms with van der Waals surface area (Å²) >= 11 is 0. The zero-order valence-electron chi connectivity index (χ0n) is 8.55. The maximum absolute atomic E-state index is 5.51. The van der Waals surface area contributed by atoms with Crippen molar-refractivity contribution in [3.05, 3.63) is 42.2 Å². The summed E-state index contributed by atoms with van der Waals surface area (Å²) in [5.41, 5.74) is 7.53. The van der Waals surface area contributed by atoms with E-state index in [-0.39, 0.29) is 0 Å². The van der Waals surface area contributed by atoms with Gasteiger partial charge in [-0.1, -0.05) is 0 Å². The number of benzene rings is 1. The molecule has 1 aromatic heterocycles. The number of nitrogens with zero attached hydrogens (tertiary/aromatic N) is 2. The number of hydrogen-bond donors (Lipinski definition) is 1. The number of rotatable bonds is 3. The summed E-state index contributed by atoms with van der Waals surface area (Å²) in [6.45, 7) is 0.510. The van der Waals surface area contributed by atoms with Gasteiger partial charge in [0.15, 0.2) is 0 Å². The second-order valence-corrected chi connectivity index (χ2v) is 3.20. The molecule has 78 valence electrons. The fourth-order valence-electron chi connectivity index (χ4n) is 1.34. The first-order valence-corrected chi connectivity index (χ1v) is 4.71. The first-order chi connectivity index (χ1) is 7.33. The lowest BCUT2D eigenvalue weighted by atomic mass is 10.3. The molecule has 0 atom stereocenters. The third-order valence-electron chi connectivity index (χ3n) is 2.21. The van der Waals surface area contributed by atoms with Crippen LogP contribution in [0, 0.1) is 0 Å². The zero-order chi connectivity index (χ0) is 10.7. The Morgan fingerprint density at radius 3 is 2.60 bits per heavy atom. The Hall–Kier alpha value is -1.81. The molecule has 0 bridgehead atoms. The van der Waals surface area contributed by atoms with Crippen molar-refractivity contribution in [1.29, 1.82) is 0 Å². The molecule has 0 amide bonds. The Balaban J connectivity index is 2.28. The maximum Gasteiger partial charge on any atom is 0.119 e. The molecule has 2 aromatic rings. The molecule has 4 nitrogen and oxygen atoms in total. The Morgan fingerprint density at radius 1 is 1.33 bits per heavy atom. The minimum Gasteiger partial charge on any atom is -0.497 e. The van der Waals surface area contributed by atoms with Crippen LogP contribution in [0.1, 0.15) is 5.56 Å². The van der Waals surface area contributed by atoms with Crippen molar-refractivity contribution < 1.29 is 4.74 Å². The van der Waals surface area contributed by atoms with Crippen molar-refractivity contribution in [2.45, 2.75) is 6.54 Å². The molecule has 0 aliphatic heterocycles. The first kappa shape index (κ1) is 9.73. The van der Waals surface area contributed by atoms with Gasteiger partial charge in [-0.2, -0.15) is 5.10 Å². The molecule has 0 unspecified atom stereocenters. The predicted molar refractivity (Wildman–Crippen MR) is 58.0 cm³/mol. The molecule has 0 aliphatic carbocycles. The lowest BCUT2D eigenvalue weighted by Crippen LogP contribution is -1.95. The normalized spacial score (nSPS) is 10.3. The SMILES string of the molecule is COc1ccc(-n2cc(CN)cn2)cc1. The highest BCUT2D eigenvalue weighted by Crippen LogP contribution is 2.14. The molecule has 2 N–H and O–H groups in total. The van der Waals surface area contributed by atoms with Crippen molar-refractivity contribution >= 4 is 0 Å². The monoisotopic (exact) mass is 203 g/mol. The van der Waals surface area contributed by atoms with Gasteiger partial charge in [0, 0.05) is 18.3 Å². The molecule has 0 saturated carbocycles. The van der Waals surface area contributed by atoms with Crippen LogP contribution in [0.2, 0.25) is 0 Å². The lowest BCUT2D eigenvalue weighted by Gasteiger charge is -2.02. The van der Waals surface area contributed by atoms with Crippen LogP contribution < -0.4 is 10.5 Å². The van der Waals surface area contributed by atoms with E-state index < -0.39 is 0 Å². The summed E-state index contributed by atoms with van der Waals surface area (Å²) < 4.78 is 6.88. The van der Waals surface area contributed by atoms with Gasteiger partial charge in [-0.25, -0.2) is 4.68 Å². The molecule has 0 saturated heterocycles. The number of ether oxygens (including phenoxy) is 1. The number of aromatic nitrogens is 2. The van der Waals surface area contributed by atoms with E-state index in [1.54, 1.807) is 18.0 Å². The Bertz CT molecular complexity index is 433. The number of nitrogens with two attached hydrogens (primary N) is 1. The van der Waals surface area contributed by atoms with Crippen LogP contribution >= 0.6 is 0 Å². The fraction of sp³-hybridized carbons (Fsp3) is 0.182. The van der Waals surface area contributed by atoms with Crippen molar-refractivity contribution in [3.63, 3.8) is 0 Å². The highest BCUT2D eigenvalue weighted by molar-refractivity contribution is 5.37.